The van der Waals surface area contributed by atoms with Crippen LogP contribution in [0.3, 0.4) is 0 Å². The van der Waals surface area contributed by atoms with Gasteiger partial charge in [0.2, 0.25) is 10.3 Å². The van der Waals surface area contributed by atoms with Gasteiger partial charge >= 0.3 is 5.97 Å². The first-order valence-corrected chi connectivity index (χ1v) is 9.35. The zero-order chi connectivity index (χ0) is 20.3. The number of hydrogen-bond acceptors (Lipinski definition) is 5. The van der Waals surface area contributed by atoms with Gasteiger partial charge in [-0.2, -0.15) is 9.49 Å². The molecular formula is C19H14ClF2N3O2S. The lowest BCUT2D eigenvalue weighted by atomic mass is 10.1. The molecule has 0 aliphatic heterocycles. The molecule has 144 valence electrons. The second-order valence-electron chi connectivity index (χ2n) is 5.62. The molecular weight excluding hydrogens is 408 g/mol. The normalized spacial score (nSPS) is 11.1. The number of carbonyl (C=O) groups is 1. The van der Waals surface area contributed by atoms with Crippen LogP contribution in [-0.2, 0) is 0 Å². The third kappa shape index (κ3) is 4.35. The Kier molecular flexibility index (Phi) is 6.01. The zero-order valence-electron chi connectivity index (χ0n) is 14.6. The second kappa shape index (κ2) is 8.45. The minimum absolute atomic E-state index is 0.179. The largest absolute Gasteiger partial charge is 0.478 e. The predicted octanol–water partition coefficient (Wildman–Crippen LogP) is 5.30. The van der Waals surface area contributed by atoms with Crippen LogP contribution in [0.15, 0.2) is 47.6 Å². The third-order valence-electron chi connectivity index (χ3n) is 3.79. The Hall–Kier alpha value is -2.84. The summed E-state index contributed by atoms with van der Waals surface area (Å²) in [5, 5.41) is 15.2. The minimum Gasteiger partial charge on any atom is -0.478 e. The van der Waals surface area contributed by atoms with Crippen molar-refractivity contribution >= 4 is 40.3 Å². The summed E-state index contributed by atoms with van der Waals surface area (Å²) in [6.07, 6.45) is 1.29. The fourth-order valence-corrected chi connectivity index (χ4v) is 3.38. The quantitative estimate of drug-likeness (QED) is 0.433. The Labute approximate surface area is 168 Å². The first kappa shape index (κ1) is 19.9. The fraction of sp³-hybridized carbons (Fsp3) is 0.105. The smallest absolute Gasteiger partial charge is 0.336 e. The SMILES string of the molecule is CCN(/N=C/c1ccc(F)cc1C(=O)O)c1nc(-c2ccc(Cl)cc2)c(F)s1. The van der Waals surface area contributed by atoms with Crippen molar-refractivity contribution in [1.82, 2.24) is 4.98 Å². The monoisotopic (exact) mass is 421 g/mol. The average Bonchev–Trinajstić information content (AvgIpc) is 3.05. The van der Waals surface area contributed by atoms with E-state index in [0.717, 1.165) is 23.5 Å². The van der Waals surface area contributed by atoms with E-state index in [4.69, 9.17) is 11.6 Å². The van der Waals surface area contributed by atoms with Crippen molar-refractivity contribution < 1.29 is 18.7 Å². The first-order chi connectivity index (χ1) is 13.4. The first-order valence-electron chi connectivity index (χ1n) is 8.15. The summed E-state index contributed by atoms with van der Waals surface area (Å²) in [5.74, 6) is -1.93. The summed E-state index contributed by atoms with van der Waals surface area (Å²) in [6, 6.07) is 10.0. The van der Waals surface area contributed by atoms with Crippen LogP contribution in [0, 0.1) is 10.9 Å². The van der Waals surface area contributed by atoms with E-state index in [1.807, 2.05) is 0 Å². The number of nitrogens with zero attached hydrogens (tertiary/aromatic N) is 3. The van der Waals surface area contributed by atoms with Gasteiger partial charge in [0.1, 0.15) is 11.5 Å². The number of hydrazone groups is 1. The Bertz CT molecular complexity index is 1040. The van der Waals surface area contributed by atoms with Gasteiger partial charge in [0.25, 0.3) is 0 Å². The van der Waals surface area contributed by atoms with E-state index >= 15 is 0 Å². The van der Waals surface area contributed by atoms with E-state index in [0.29, 0.717) is 22.3 Å². The molecule has 1 heterocycles. The molecule has 0 radical (unpaired) electrons. The van der Waals surface area contributed by atoms with Gasteiger partial charge in [-0.1, -0.05) is 35.1 Å². The molecule has 0 aliphatic carbocycles. The maximum absolute atomic E-state index is 14.4. The number of benzene rings is 2. The summed E-state index contributed by atoms with van der Waals surface area (Å²) in [4.78, 5) is 15.6. The van der Waals surface area contributed by atoms with Crippen LogP contribution >= 0.6 is 22.9 Å². The Morgan fingerprint density at radius 3 is 2.64 bits per heavy atom. The van der Waals surface area contributed by atoms with E-state index in [1.54, 1.807) is 31.2 Å². The molecule has 5 nitrogen and oxygen atoms in total. The summed E-state index contributed by atoms with van der Waals surface area (Å²) in [5.41, 5.74) is 0.767. The number of halogens is 3. The number of rotatable bonds is 6. The van der Waals surface area contributed by atoms with Crippen LogP contribution in [0.2, 0.25) is 5.02 Å². The summed E-state index contributed by atoms with van der Waals surface area (Å²) < 4.78 is 27.7. The number of aromatic carboxylic acids is 1. The lowest BCUT2D eigenvalue weighted by Crippen LogP contribution is -2.16. The van der Waals surface area contributed by atoms with Crippen molar-refractivity contribution in [3.8, 4) is 11.3 Å². The topological polar surface area (TPSA) is 65.8 Å². The molecule has 2 aromatic carbocycles. The van der Waals surface area contributed by atoms with Gasteiger partial charge in [-0.05, 0) is 37.3 Å². The van der Waals surface area contributed by atoms with Crippen molar-refractivity contribution in [2.75, 3.05) is 11.6 Å². The molecule has 0 saturated carbocycles. The molecule has 3 aromatic rings. The molecule has 0 aliphatic rings. The standard InChI is InChI=1S/C19H14ClF2N3O2S/c1-2-25(23-10-12-5-8-14(21)9-15(12)18(26)27)19-24-16(17(22)28-19)11-3-6-13(20)7-4-11/h3-10H,2H2,1H3,(H,26,27)/b23-10+. The summed E-state index contributed by atoms with van der Waals surface area (Å²) in [7, 11) is 0. The van der Waals surface area contributed by atoms with Gasteiger partial charge in [-0.3, -0.25) is 0 Å². The molecule has 3 rings (SSSR count). The number of carboxylic acids is 1. The molecule has 0 unspecified atom stereocenters. The predicted molar refractivity (Wildman–Crippen MR) is 106 cm³/mol. The highest BCUT2D eigenvalue weighted by atomic mass is 35.5. The average molecular weight is 422 g/mol. The van der Waals surface area contributed by atoms with E-state index in [9.17, 15) is 18.7 Å². The third-order valence-corrected chi connectivity index (χ3v) is 4.90. The Morgan fingerprint density at radius 1 is 1.29 bits per heavy atom. The molecule has 1 N–H and O–H groups in total. The maximum atomic E-state index is 14.4. The molecule has 9 heteroatoms. The van der Waals surface area contributed by atoms with Crippen LogP contribution < -0.4 is 5.01 Å². The van der Waals surface area contributed by atoms with Gasteiger partial charge in [-0.25, -0.2) is 19.2 Å². The van der Waals surface area contributed by atoms with Crippen molar-refractivity contribution in [2.24, 2.45) is 5.10 Å². The highest BCUT2D eigenvalue weighted by molar-refractivity contribution is 7.14. The number of hydrogen-bond donors (Lipinski definition) is 1. The van der Waals surface area contributed by atoms with E-state index in [2.05, 4.69) is 10.1 Å². The molecule has 28 heavy (non-hydrogen) atoms. The number of carboxylic acid groups (broad SMARTS) is 1. The van der Waals surface area contributed by atoms with Gasteiger partial charge in [0.05, 0.1) is 11.8 Å². The zero-order valence-corrected chi connectivity index (χ0v) is 16.1. The molecule has 1 aromatic heterocycles. The lowest BCUT2D eigenvalue weighted by molar-refractivity contribution is 0.0696. The van der Waals surface area contributed by atoms with E-state index < -0.39 is 16.9 Å². The van der Waals surface area contributed by atoms with Crippen LogP contribution in [0.4, 0.5) is 13.9 Å². The van der Waals surface area contributed by atoms with Crippen LogP contribution in [0.5, 0.6) is 0 Å². The van der Waals surface area contributed by atoms with Gasteiger partial charge in [-0.15, -0.1) is 0 Å². The fourth-order valence-electron chi connectivity index (χ4n) is 2.41. The highest BCUT2D eigenvalue weighted by Gasteiger charge is 2.17. The highest BCUT2D eigenvalue weighted by Crippen LogP contribution is 2.32. The summed E-state index contributed by atoms with van der Waals surface area (Å²) >= 11 is 6.68. The summed E-state index contributed by atoms with van der Waals surface area (Å²) in [6.45, 7) is 2.16. The molecule has 0 bridgehead atoms. The van der Waals surface area contributed by atoms with E-state index in [1.165, 1.54) is 17.3 Å². The molecule has 0 fully saturated rings. The van der Waals surface area contributed by atoms with E-state index in [-0.39, 0.29) is 16.8 Å². The molecule has 0 amide bonds. The molecule has 0 saturated heterocycles. The molecule has 0 atom stereocenters. The van der Waals surface area contributed by atoms with Gasteiger partial charge in [0, 0.05) is 22.7 Å². The number of thiazole rings is 1. The van der Waals surface area contributed by atoms with Gasteiger partial charge < -0.3 is 5.11 Å². The minimum atomic E-state index is -1.27. The van der Waals surface area contributed by atoms with Crippen molar-refractivity contribution in [3.05, 3.63) is 69.6 Å². The maximum Gasteiger partial charge on any atom is 0.336 e. The van der Waals surface area contributed by atoms with Crippen molar-refractivity contribution in [3.63, 3.8) is 0 Å². The van der Waals surface area contributed by atoms with Crippen molar-refractivity contribution in [1.29, 1.82) is 0 Å². The molecule has 0 spiro atoms. The second-order valence-corrected chi connectivity index (χ2v) is 6.99. The van der Waals surface area contributed by atoms with Crippen LogP contribution in [0.1, 0.15) is 22.8 Å². The van der Waals surface area contributed by atoms with Gasteiger partial charge in [0.15, 0.2) is 0 Å². The number of aromatic nitrogens is 1. The number of anilines is 1. The Morgan fingerprint density at radius 2 is 2.00 bits per heavy atom. The van der Waals surface area contributed by atoms with Crippen LogP contribution in [0.25, 0.3) is 11.3 Å². The van der Waals surface area contributed by atoms with Crippen molar-refractivity contribution in [2.45, 2.75) is 6.92 Å². The Balaban J connectivity index is 1.91. The lowest BCUT2D eigenvalue weighted by Gasteiger charge is -2.12. The van der Waals surface area contributed by atoms with Crippen LogP contribution in [-0.4, -0.2) is 28.8 Å².